The Morgan fingerprint density at radius 2 is 2.21 bits per heavy atom. The smallest absolute Gasteiger partial charge is 0.409 e. The van der Waals surface area contributed by atoms with Crippen molar-refractivity contribution < 1.29 is 14.6 Å². The van der Waals surface area contributed by atoms with E-state index in [2.05, 4.69) is 9.72 Å². The Labute approximate surface area is 81.5 Å². The standard InChI is InChI=1S/C9H12N2O3/c1-9(2,13)7-4-3-6(5-11-7)14-8(10)12/h3-5,13H,1-2H3,(H2,10,12). The molecule has 0 aliphatic heterocycles. The first-order chi connectivity index (χ1) is 6.39. The fourth-order valence-corrected chi connectivity index (χ4v) is 0.919. The van der Waals surface area contributed by atoms with Crippen molar-refractivity contribution in [3.05, 3.63) is 24.0 Å². The van der Waals surface area contributed by atoms with Crippen molar-refractivity contribution in [3.8, 4) is 5.75 Å². The average molecular weight is 196 g/mol. The summed E-state index contributed by atoms with van der Waals surface area (Å²) in [5.41, 5.74) is 4.30. The highest BCUT2D eigenvalue weighted by molar-refractivity contribution is 5.67. The van der Waals surface area contributed by atoms with E-state index in [1.165, 1.54) is 12.3 Å². The van der Waals surface area contributed by atoms with Crippen LogP contribution in [-0.4, -0.2) is 16.2 Å². The maximum Gasteiger partial charge on any atom is 0.410 e. The van der Waals surface area contributed by atoms with Gasteiger partial charge in [-0.3, -0.25) is 4.98 Å². The summed E-state index contributed by atoms with van der Waals surface area (Å²) in [6.07, 6.45) is 0.445. The molecule has 1 rings (SSSR count). The predicted octanol–water partition coefficient (Wildman–Crippen LogP) is 0.766. The van der Waals surface area contributed by atoms with Crippen LogP contribution in [0.2, 0.25) is 0 Å². The zero-order valence-corrected chi connectivity index (χ0v) is 8.02. The van der Waals surface area contributed by atoms with Crippen LogP contribution in [0, 0.1) is 0 Å². The number of carbonyl (C=O) groups is 1. The van der Waals surface area contributed by atoms with Crippen molar-refractivity contribution in [3.63, 3.8) is 0 Å². The molecule has 0 spiro atoms. The molecule has 0 aromatic carbocycles. The Morgan fingerprint density at radius 1 is 1.57 bits per heavy atom. The van der Waals surface area contributed by atoms with Crippen LogP contribution >= 0.6 is 0 Å². The van der Waals surface area contributed by atoms with Crippen LogP contribution in [0.4, 0.5) is 4.79 Å². The number of amides is 1. The van der Waals surface area contributed by atoms with Gasteiger partial charge in [-0.15, -0.1) is 0 Å². The topological polar surface area (TPSA) is 85.4 Å². The lowest BCUT2D eigenvalue weighted by Gasteiger charge is -2.16. The summed E-state index contributed by atoms with van der Waals surface area (Å²) in [6, 6.07) is 3.09. The van der Waals surface area contributed by atoms with Crippen molar-refractivity contribution in [2.24, 2.45) is 5.73 Å². The van der Waals surface area contributed by atoms with Crippen molar-refractivity contribution in [1.29, 1.82) is 0 Å². The number of nitrogens with two attached hydrogens (primary N) is 1. The molecule has 1 amide bonds. The molecule has 0 radical (unpaired) electrons. The molecule has 1 aromatic heterocycles. The van der Waals surface area contributed by atoms with E-state index in [9.17, 15) is 9.90 Å². The molecule has 5 nitrogen and oxygen atoms in total. The summed E-state index contributed by atoms with van der Waals surface area (Å²) in [4.78, 5) is 14.3. The number of aromatic nitrogens is 1. The minimum atomic E-state index is -1.01. The van der Waals surface area contributed by atoms with E-state index in [0.29, 0.717) is 5.69 Å². The highest BCUT2D eigenvalue weighted by Crippen LogP contribution is 2.19. The first kappa shape index (κ1) is 10.5. The fraction of sp³-hybridized carbons (Fsp3) is 0.333. The van der Waals surface area contributed by atoms with Gasteiger partial charge in [0.15, 0.2) is 5.75 Å². The van der Waals surface area contributed by atoms with Crippen LogP contribution in [0.3, 0.4) is 0 Å². The third-order valence-electron chi connectivity index (χ3n) is 1.58. The molecule has 3 N–H and O–H groups in total. The van der Waals surface area contributed by atoms with E-state index in [-0.39, 0.29) is 5.75 Å². The van der Waals surface area contributed by atoms with Crippen LogP contribution in [0.15, 0.2) is 18.3 Å². The van der Waals surface area contributed by atoms with Gasteiger partial charge in [-0.05, 0) is 26.0 Å². The highest BCUT2D eigenvalue weighted by atomic mass is 16.5. The molecule has 0 saturated carbocycles. The second-order valence-corrected chi connectivity index (χ2v) is 3.36. The number of nitrogens with zero attached hydrogens (tertiary/aromatic N) is 1. The van der Waals surface area contributed by atoms with Gasteiger partial charge in [-0.1, -0.05) is 0 Å². The molecule has 0 fully saturated rings. The zero-order chi connectivity index (χ0) is 10.8. The predicted molar refractivity (Wildman–Crippen MR) is 49.7 cm³/mol. The van der Waals surface area contributed by atoms with E-state index in [1.807, 2.05) is 0 Å². The number of primary amides is 1. The number of ether oxygens (including phenoxy) is 1. The summed E-state index contributed by atoms with van der Waals surface area (Å²) >= 11 is 0. The third-order valence-corrected chi connectivity index (χ3v) is 1.58. The summed E-state index contributed by atoms with van der Waals surface area (Å²) in [5.74, 6) is 0.255. The van der Waals surface area contributed by atoms with E-state index < -0.39 is 11.7 Å². The van der Waals surface area contributed by atoms with Crippen molar-refractivity contribution in [2.75, 3.05) is 0 Å². The number of rotatable bonds is 2. The lowest BCUT2D eigenvalue weighted by Crippen LogP contribution is -2.18. The van der Waals surface area contributed by atoms with Gasteiger partial charge in [0.05, 0.1) is 11.9 Å². The number of carbonyl (C=O) groups excluding carboxylic acids is 1. The zero-order valence-electron chi connectivity index (χ0n) is 8.02. The number of pyridine rings is 1. The van der Waals surface area contributed by atoms with Crippen LogP contribution in [0.5, 0.6) is 5.75 Å². The number of hydrogen-bond acceptors (Lipinski definition) is 4. The molecular formula is C9H12N2O3. The maximum atomic E-state index is 10.4. The Morgan fingerprint density at radius 3 is 2.57 bits per heavy atom. The minimum absolute atomic E-state index is 0.255. The molecular weight excluding hydrogens is 184 g/mol. The molecule has 1 aromatic rings. The number of hydrogen-bond donors (Lipinski definition) is 2. The Balaban J connectivity index is 2.84. The number of aliphatic hydroxyl groups is 1. The molecule has 0 atom stereocenters. The SMILES string of the molecule is CC(C)(O)c1ccc(OC(N)=O)cn1. The molecule has 0 saturated heterocycles. The summed E-state index contributed by atoms with van der Waals surface area (Å²) in [7, 11) is 0. The molecule has 0 aliphatic carbocycles. The van der Waals surface area contributed by atoms with Gasteiger partial charge in [-0.25, -0.2) is 4.79 Å². The molecule has 14 heavy (non-hydrogen) atoms. The van der Waals surface area contributed by atoms with Crippen molar-refractivity contribution in [1.82, 2.24) is 4.98 Å². The normalized spacial score (nSPS) is 11.1. The van der Waals surface area contributed by atoms with Crippen LogP contribution in [0.25, 0.3) is 0 Å². The average Bonchev–Trinajstić information content (AvgIpc) is 2.02. The van der Waals surface area contributed by atoms with Gasteiger partial charge in [0.25, 0.3) is 0 Å². The van der Waals surface area contributed by atoms with Crippen LogP contribution < -0.4 is 10.5 Å². The quantitative estimate of drug-likeness (QED) is 0.731. The summed E-state index contributed by atoms with van der Waals surface area (Å²) < 4.78 is 4.58. The third kappa shape index (κ3) is 2.70. The molecule has 0 bridgehead atoms. The Hall–Kier alpha value is -1.62. The minimum Gasteiger partial charge on any atom is -0.409 e. The van der Waals surface area contributed by atoms with E-state index in [0.717, 1.165) is 0 Å². The maximum absolute atomic E-state index is 10.4. The fourth-order valence-electron chi connectivity index (χ4n) is 0.919. The van der Waals surface area contributed by atoms with Gasteiger partial charge in [-0.2, -0.15) is 0 Å². The molecule has 0 aliphatic rings. The summed E-state index contributed by atoms with van der Waals surface area (Å²) in [6.45, 7) is 3.23. The van der Waals surface area contributed by atoms with E-state index >= 15 is 0 Å². The Kier molecular flexibility index (Phi) is 2.71. The lowest BCUT2D eigenvalue weighted by atomic mass is 10.1. The largest absolute Gasteiger partial charge is 0.410 e. The van der Waals surface area contributed by atoms with Gasteiger partial charge < -0.3 is 15.6 Å². The van der Waals surface area contributed by atoms with Crippen molar-refractivity contribution in [2.45, 2.75) is 19.4 Å². The molecule has 1 heterocycles. The van der Waals surface area contributed by atoms with E-state index in [1.54, 1.807) is 19.9 Å². The van der Waals surface area contributed by atoms with Crippen LogP contribution in [-0.2, 0) is 5.60 Å². The van der Waals surface area contributed by atoms with Gasteiger partial charge in [0, 0.05) is 0 Å². The lowest BCUT2D eigenvalue weighted by molar-refractivity contribution is 0.0738. The van der Waals surface area contributed by atoms with Gasteiger partial charge in [0.1, 0.15) is 5.60 Å². The second kappa shape index (κ2) is 3.63. The monoisotopic (exact) mass is 196 g/mol. The molecule has 76 valence electrons. The molecule has 0 unspecified atom stereocenters. The van der Waals surface area contributed by atoms with Gasteiger partial charge >= 0.3 is 6.09 Å². The first-order valence-corrected chi connectivity index (χ1v) is 4.06. The highest BCUT2D eigenvalue weighted by Gasteiger charge is 2.17. The molecule has 5 heteroatoms. The van der Waals surface area contributed by atoms with Gasteiger partial charge in [0.2, 0.25) is 0 Å². The van der Waals surface area contributed by atoms with Crippen LogP contribution in [0.1, 0.15) is 19.5 Å². The second-order valence-electron chi connectivity index (χ2n) is 3.36. The van der Waals surface area contributed by atoms with E-state index in [4.69, 9.17) is 5.73 Å². The van der Waals surface area contributed by atoms with Crippen molar-refractivity contribution >= 4 is 6.09 Å². The first-order valence-electron chi connectivity index (χ1n) is 4.06. The Bertz CT molecular complexity index is 327. The summed E-state index contributed by atoms with van der Waals surface area (Å²) in [5, 5.41) is 9.57.